The van der Waals surface area contributed by atoms with Crippen molar-refractivity contribution in [3.8, 4) is 11.3 Å². The molecule has 2 aromatic heterocycles. The second kappa shape index (κ2) is 7.53. The van der Waals surface area contributed by atoms with Gasteiger partial charge in [0.05, 0.1) is 15.6 Å². The number of carbonyl (C=O) groups is 1. The number of anilines is 1. The van der Waals surface area contributed by atoms with E-state index in [1.54, 1.807) is 24.3 Å². The summed E-state index contributed by atoms with van der Waals surface area (Å²) in [4.78, 5) is 21.8. The number of halogens is 2. The number of benzene rings is 1. The number of aliphatic hydroxyl groups excluding tert-OH is 1. The number of rotatable bonds is 5. The molecular formula is C16H14Cl2N4O2S. The van der Waals surface area contributed by atoms with Crippen LogP contribution in [0, 0.1) is 0 Å². The molecule has 130 valence electrons. The van der Waals surface area contributed by atoms with Crippen LogP contribution in [-0.2, 0) is 0 Å². The average Bonchev–Trinajstić information content (AvgIpc) is 2.98. The van der Waals surface area contributed by atoms with Crippen molar-refractivity contribution in [2.75, 3.05) is 18.9 Å². The third kappa shape index (κ3) is 3.85. The van der Waals surface area contributed by atoms with Crippen LogP contribution in [-0.4, -0.2) is 34.1 Å². The van der Waals surface area contributed by atoms with Gasteiger partial charge >= 0.3 is 0 Å². The Morgan fingerprint density at radius 3 is 2.80 bits per heavy atom. The molecule has 0 aliphatic rings. The highest BCUT2D eigenvalue weighted by Gasteiger charge is 2.17. The number of hydrogen-bond acceptors (Lipinski definition) is 6. The summed E-state index contributed by atoms with van der Waals surface area (Å²) in [6.07, 6.45) is 0.495. The maximum Gasteiger partial charge on any atom is 0.261 e. The summed E-state index contributed by atoms with van der Waals surface area (Å²) in [6, 6.07) is 6.80. The van der Waals surface area contributed by atoms with Gasteiger partial charge in [0, 0.05) is 29.1 Å². The molecule has 0 unspecified atom stereocenters. The van der Waals surface area contributed by atoms with Crippen LogP contribution in [0.4, 0.5) is 5.95 Å². The van der Waals surface area contributed by atoms with Crippen LogP contribution < -0.4 is 11.1 Å². The van der Waals surface area contributed by atoms with Gasteiger partial charge in [-0.3, -0.25) is 4.79 Å². The number of nitrogens with zero attached hydrogens (tertiary/aromatic N) is 2. The Kier molecular flexibility index (Phi) is 5.39. The van der Waals surface area contributed by atoms with E-state index in [0.29, 0.717) is 49.4 Å². The van der Waals surface area contributed by atoms with Crippen LogP contribution in [0.15, 0.2) is 24.3 Å². The van der Waals surface area contributed by atoms with Gasteiger partial charge in [-0.2, -0.15) is 0 Å². The van der Waals surface area contributed by atoms with Gasteiger partial charge in [-0.05, 0) is 30.7 Å². The van der Waals surface area contributed by atoms with Gasteiger partial charge in [-0.15, -0.1) is 11.3 Å². The molecular weight excluding hydrogens is 383 g/mol. The highest BCUT2D eigenvalue weighted by atomic mass is 35.5. The van der Waals surface area contributed by atoms with Gasteiger partial charge in [0.1, 0.15) is 4.83 Å². The van der Waals surface area contributed by atoms with Crippen molar-refractivity contribution >= 4 is 56.6 Å². The summed E-state index contributed by atoms with van der Waals surface area (Å²) in [7, 11) is 0. The molecule has 0 radical (unpaired) electrons. The number of hydrogen-bond donors (Lipinski definition) is 3. The predicted octanol–water partition coefficient (Wildman–Crippen LogP) is 3.36. The van der Waals surface area contributed by atoms with E-state index in [1.165, 1.54) is 11.3 Å². The van der Waals surface area contributed by atoms with E-state index in [0.717, 1.165) is 0 Å². The third-order valence-electron chi connectivity index (χ3n) is 3.44. The first kappa shape index (κ1) is 17.9. The van der Waals surface area contributed by atoms with Crippen molar-refractivity contribution in [2.45, 2.75) is 6.42 Å². The predicted molar refractivity (Wildman–Crippen MR) is 101 cm³/mol. The fourth-order valence-electron chi connectivity index (χ4n) is 2.30. The van der Waals surface area contributed by atoms with Gasteiger partial charge in [0.2, 0.25) is 5.95 Å². The molecule has 0 aliphatic carbocycles. The lowest BCUT2D eigenvalue weighted by atomic mass is 10.1. The number of fused-ring (bicyclic) bond motifs is 1. The summed E-state index contributed by atoms with van der Waals surface area (Å²) in [6.45, 7) is 0.418. The second-order valence-corrected chi connectivity index (χ2v) is 7.09. The monoisotopic (exact) mass is 396 g/mol. The highest BCUT2D eigenvalue weighted by molar-refractivity contribution is 7.20. The second-order valence-electron chi connectivity index (χ2n) is 5.22. The zero-order valence-corrected chi connectivity index (χ0v) is 15.3. The van der Waals surface area contributed by atoms with Crippen molar-refractivity contribution < 1.29 is 9.90 Å². The van der Waals surface area contributed by atoms with Crippen molar-refractivity contribution in [1.29, 1.82) is 0 Å². The maximum absolute atomic E-state index is 12.2. The molecule has 0 saturated heterocycles. The minimum atomic E-state index is -0.233. The first-order chi connectivity index (χ1) is 12.0. The van der Waals surface area contributed by atoms with Crippen molar-refractivity contribution in [3.63, 3.8) is 0 Å². The largest absolute Gasteiger partial charge is 0.396 e. The number of thiophene rings is 1. The first-order valence-electron chi connectivity index (χ1n) is 7.41. The first-order valence-corrected chi connectivity index (χ1v) is 8.98. The minimum absolute atomic E-state index is 0.0217. The molecule has 9 heteroatoms. The summed E-state index contributed by atoms with van der Waals surface area (Å²) in [5, 5.41) is 13.2. The van der Waals surface area contributed by atoms with Gasteiger partial charge in [0.25, 0.3) is 5.91 Å². The molecule has 6 nitrogen and oxygen atoms in total. The molecule has 0 saturated carbocycles. The lowest BCUT2D eigenvalue weighted by Gasteiger charge is -2.06. The van der Waals surface area contributed by atoms with Crippen molar-refractivity contribution in [2.24, 2.45) is 0 Å². The Hall–Kier alpha value is -1.93. The molecule has 4 N–H and O–H groups in total. The summed E-state index contributed by atoms with van der Waals surface area (Å²) < 4.78 is 0. The van der Waals surface area contributed by atoms with E-state index in [1.807, 2.05) is 0 Å². The molecule has 0 aliphatic heterocycles. The van der Waals surface area contributed by atoms with Crippen LogP contribution in [0.2, 0.25) is 10.0 Å². The van der Waals surface area contributed by atoms with Crippen molar-refractivity contribution in [3.05, 3.63) is 39.2 Å². The zero-order valence-electron chi connectivity index (χ0n) is 12.9. The molecule has 0 spiro atoms. The van der Waals surface area contributed by atoms with Gasteiger partial charge in [-0.25, -0.2) is 9.97 Å². The fourth-order valence-corrected chi connectivity index (χ4v) is 3.76. The number of aromatic nitrogens is 2. The van der Waals surface area contributed by atoms with Crippen LogP contribution >= 0.6 is 34.5 Å². The smallest absolute Gasteiger partial charge is 0.261 e. The van der Waals surface area contributed by atoms with E-state index >= 15 is 0 Å². The highest BCUT2D eigenvalue weighted by Crippen LogP contribution is 2.36. The Bertz CT molecular complexity index is 945. The lowest BCUT2D eigenvalue weighted by molar-refractivity contribution is 0.0955. The standard InChI is InChI=1S/C16H14Cl2N4O2S/c17-8-2-3-9(11(18)6-8)13-10-7-12(14(24)20-4-1-5-23)25-15(10)22-16(19)21-13/h2-3,6-7,23H,1,4-5H2,(H,20,24)(H2,19,21,22). The third-order valence-corrected chi connectivity index (χ3v) is 5.02. The summed E-state index contributed by atoms with van der Waals surface area (Å²) >= 11 is 13.5. The molecule has 25 heavy (non-hydrogen) atoms. The fraction of sp³-hybridized carbons (Fsp3) is 0.188. The quantitative estimate of drug-likeness (QED) is 0.573. The number of nitrogens with two attached hydrogens (primary N) is 1. The Balaban J connectivity index is 2.06. The van der Waals surface area contributed by atoms with Crippen LogP contribution in [0.25, 0.3) is 21.5 Å². The zero-order chi connectivity index (χ0) is 18.0. The Morgan fingerprint density at radius 1 is 1.28 bits per heavy atom. The number of aliphatic hydroxyl groups is 1. The molecule has 0 bridgehead atoms. The van der Waals surface area contributed by atoms with Crippen LogP contribution in [0.5, 0.6) is 0 Å². The molecule has 0 atom stereocenters. The van der Waals surface area contributed by atoms with Gasteiger partial charge < -0.3 is 16.2 Å². The molecule has 2 heterocycles. The van der Waals surface area contributed by atoms with E-state index in [-0.39, 0.29) is 18.5 Å². The van der Waals surface area contributed by atoms with E-state index in [2.05, 4.69) is 15.3 Å². The number of nitrogen functional groups attached to an aromatic ring is 1. The van der Waals surface area contributed by atoms with Gasteiger partial charge in [-0.1, -0.05) is 23.2 Å². The Morgan fingerprint density at radius 2 is 2.08 bits per heavy atom. The van der Waals surface area contributed by atoms with Crippen LogP contribution in [0.1, 0.15) is 16.1 Å². The number of amides is 1. The van der Waals surface area contributed by atoms with Crippen molar-refractivity contribution in [1.82, 2.24) is 15.3 Å². The number of carbonyl (C=O) groups excluding carboxylic acids is 1. The lowest BCUT2D eigenvalue weighted by Crippen LogP contribution is -2.24. The van der Waals surface area contributed by atoms with E-state index < -0.39 is 0 Å². The van der Waals surface area contributed by atoms with E-state index in [4.69, 9.17) is 34.0 Å². The topological polar surface area (TPSA) is 101 Å². The molecule has 1 amide bonds. The van der Waals surface area contributed by atoms with E-state index in [9.17, 15) is 4.79 Å². The van der Waals surface area contributed by atoms with Gasteiger partial charge in [0.15, 0.2) is 0 Å². The Labute approximate surface area is 157 Å². The SMILES string of the molecule is Nc1nc(-c2ccc(Cl)cc2Cl)c2cc(C(=O)NCCCO)sc2n1. The molecule has 1 aromatic carbocycles. The summed E-state index contributed by atoms with van der Waals surface area (Å²) in [5.41, 5.74) is 7.03. The molecule has 3 aromatic rings. The maximum atomic E-state index is 12.2. The number of nitrogens with one attached hydrogen (secondary N) is 1. The van der Waals surface area contributed by atoms with Crippen LogP contribution in [0.3, 0.4) is 0 Å². The minimum Gasteiger partial charge on any atom is -0.396 e. The molecule has 3 rings (SSSR count). The molecule has 0 fully saturated rings. The normalized spacial score (nSPS) is 11.0. The summed E-state index contributed by atoms with van der Waals surface area (Å²) in [5.74, 6) is -0.134. The average molecular weight is 397 g/mol.